The van der Waals surface area contributed by atoms with Crippen molar-refractivity contribution < 1.29 is 26.4 Å². The van der Waals surface area contributed by atoms with Gasteiger partial charge in [0, 0.05) is 12.5 Å². The number of rotatable bonds is 8. The Morgan fingerprint density at radius 1 is 0.697 bits per heavy atom. The van der Waals surface area contributed by atoms with Gasteiger partial charge in [0.25, 0.3) is 0 Å². The van der Waals surface area contributed by atoms with Crippen molar-refractivity contribution >= 4 is 31.5 Å². The third kappa shape index (κ3) is 6.20. The minimum atomic E-state index is -3.29. The van der Waals surface area contributed by atoms with Gasteiger partial charge in [-0.3, -0.25) is 9.59 Å². The molecule has 2 N–H and O–H groups in total. The molecule has 8 nitrogen and oxygen atoms in total. The average Bonchev–Trinajstić information content (AvgIpc) is 3.54. The Labute approximate surface area is 194 Å². The molecule has 2 aromatic rings. The summed E-state index contributed by atoms with van der Waals surface area (Å²) in [4.78, 5) is 25.6. The highest BCUT2D eigenvalue weighted by Crippen LogP contribution is 2.39. The maximum Gasteiger partial charge on any atom is 0.224 e. The number of carbonyl (C=O) groups excluding carboxylic acids is 2. The summed E-state index contributed by atoms with van der Waals surface area (Å²) in [7, 11) is -6.57. The van der Waals surface area contributed by atoms with Gasteiger partial charge in [-0.15, -0.1) is 0 Å². The third-order valence-electron chi connectivity index (χ3n) is 5.80. The van der Waals surface area contributed by atoms with E-state index in [-0.39, 0.29) is 33.7 Å². The predicted molar refractivity (Wildman–Crippen MR) is 124 cm³/mol. The molecule has 0 saturated heterocycles. The molecule has 4 atom stereocenters. The van der Waals surface area contributed by atoms with E-state index in [1.807, 2.05) is 0 Å². The Morgan fingerprint density at radius 3 is 1.27 bits per heavy atom. The molecule has 0 unspecified atom stereocenters. The van der Waals surface area contributed by atoms with Crippen molar-refractivity contribution in [3.05, 3.63) is 59.7 Å². The largest absolute Gasteiger partial charge is 0.349 e. The van der Waals surface area contributed by atoms with E-state index in [4.69, 9.17) is 0 Å². The van der Waals surface area contributed by atoms with Crippen LogP contribution in [0.3, 0.4) is 0 Å². The molecule has 10 heteroatoms. The van der Waals surface area contributed by atoms with E-state index in [1.165, 1.54) is 24.3 Å². The molecule has 2 aromatic carbocycles. The van der Waals surface area contributed by atoms with Gasteiger partial charge in [-0.25, -0.2) is 16.8 Å². The molecule has 1 aliphatic rings. The monoisotopic (exact) mass is 492 g/mol. The van der Waals surface area contributed by atoms with Crippen LogP contribution in [0.2, 0.25) is 0 Å². The molecule has 1 saturated carbocycles. The van der Waals surface area contributed by atoms with Crippen LogP contribution in [0.5, 0.6) is 0 Å². The summed E-state index contributed by atoms with van der Waals surface area (Å²) in [5.41, 5.74) is 1.53. The standard InChI is InChI=1S/C23H28N2O6S2/c1-14(16-5-9-18(10-6-16)32(3,28)29)24-22(26)20-13-21(20)23(27)25-15(2)17-7-11-19(12-8-17)33(4,30)31/h5-12,14-15,20-21H,13H2,1-4H3,(H,24,26)(H,25,27)/t14-,15+,20-,21-/m1/s1. The van der Waals surface area contributed by atoms with Crippen LogP contribution in [0.15, 0.2) is 58.3 Å². The Morgan fingerprint density at radius 2 is 1.00 bits per heavy atom. The van der Waals surface area contributed by atoms with Gasteiger partial charge in [0.1, 0.15) is 0 Å². The maximum atomic E-state index is 12.6. The molecule has 3 rings (SSSR count). The van der Waals surface area contributed by atoms with Crippen molar-refractivity contribution in [1.82, 2.24) is 10.6 Å². The van der Waals surface area contributed by atoms with Gasteiger partial charge in [0.15, 0.2) is 19.7 Å². The van der Waals surface area contributed by atoms with Crippen molar-refractivity contribution in [3.8, 4) is 0 Å². The van der Waals surface area contributed by atoms with E-state index >= 15 is 0 Å². The molecule has 0 radical (unpaired) electrons. The Bertz CT molecular complexity index is 1150. The van der Waals surface area contributed by atoms with Crippen LogP contribution in [0.1, 0.15) is 43.5 Å². The van der Waals surface area contributed by atoms with Crippen LogP contribution < -0.4 is 10.6 Å². The number of amides is 2. The second kappa shape index (κ2) is 9.26. The van der Waals surface area contributed by atoms with Gasteiger partial charge < -0.3 is 10.6 Å². The van der Waals surface area contributed by atoms with Gasteiger partial charge >= 0.3 is 0 Å². The lowest BCUT2D eigenvalue weighted by Gasteiger charge is -2.16. The number of sulfone groups is 2. The minimum Gasteiger partial charge on any atom is -0.349 e. The van der Waals surface area contributed by atoms with Crippen molar-refractivity contribution in [3.63, 3.8) is 0 Å². The fourth-order valence-electron chi connectivity index (χ4n) is 3.59. The average molecular weight is 493 g/mol. The van der Waals surface area contributed by atoms with Crippen LogP contribution in [-0.4, -0.2) is 41.2 Å². The molecule has 178 valence electrons. The lowest BCUT2D eigenvalue weighted by Crippen LogP contribution is -2.32. The van der Waals surface area contributed by atoms with E-state index in [9.17, 15) is 26.4 Å². The molecule has 33 heavy (non-hydrogen) atoms. The summed E-state index contributed by atoms with van der Waals surface area (Å²) in [6.45, 7) is 3.60. The summed E-state index contributed by atoms with van der Waals surface area (Å²) in [6, 6.07) is 12.0. The Balaban J connectivity index is 1.53. The number of nitrogens with one attached hydrogen (secondary N) is 2. The number of carbonyl (C=O) groups is 2. The van der Waals surface area contributed by atoms with Gasteiger partial charge in [0.2, 0.25) is 11.8 Å². The highest BCUT2D eigenvalue weighted by Gasteiger charge is 2.48. The fourth-order valence-corrected chi connectivity index (χ4v) is 4.85. The molecular formula is C23H28N2O6S2. The third-order valence-corrected chi connectivity index (χ3v) is 8.05. The van der Waals surface area contributed by atoms with Crippen LogP contribution in [0.25, 0.3) is 0 Å². The first kappa shape index (κ1) is 24.9. The lowest BCUT2D eigenvalue weighted by atomic mass is 10.1. The second-order valence-electron chi connectivity index (χ2n) is 8.59. The van der Waals surface area contributed by atoms with Crippen LogP contribution in [-0.2, 0) is 29.3 Å². The first-order valence-electron chi connectivity index (χ1n) is 10.5. The summed E-state index contributed by atoms with van der Waals surface area (Å²) in [5, 5.41) is 5.76. The van der Waals surface area contributed by atoms with Crippen molar-refractivity contribution in [2.24, 2.45) is 11.8 Å². The first-order valence-corrected chi connectivity index (χ1v) is 14.3. The molecule has 0 aromatic heterocycles. The molecule has 0 bridgehead atoms. The number of hydrogen-bond acceptors (Lipinski definition) is 6. The molecule has 1 fully saturated rings. The molecular weight excluding hydrogens is 464 g/mol. The van der Waals surface area contributed by atoms with E-state index in [2.05, 4.69) is 10.6 Å². The van der Waals surface area contributed by atoms with Crippen molar-refractivity contribution in [1.29, 1.82) is 0 Å². The molecule has 0 heterocycles. The van der Waals surface area contributed by atoms with Crippen molar-refractivity contribution in [2.75, 3.05) is 12.5 Å². The number of benzene rings is 2. The summed E-state index contributed by atoms with van der Waals surface area (Å²) >= 11 is 0. The van der Waals surface area contributed by atoms with Crippen LogP contribution >= 0.6 is 0 Å². The second-order valence-corrected chi connectivity index (χ2v) is 12.6. The fraction of sp³-hybridized carbons (Fsp3) is 0.391. The zero-order valence-electron chi connectivity index (χ0n) is 18.9. The van der Waals surface area contributed by atoms with Crippen LogP contribution in [0, 0.1) is 11.8 Å². The highest BCUT2D eigenvalue weighted by molar-refractivity contribution is 7.91. The molecule has 1 aliphatic carbocycles. The van der Waals surface area contributed by atoms with E-state index in [0.717, 1.165) is 23.6 Å². The van der Waals surface area contributed by atoms with Gasteiger partial charge in [-0.1, -0.05) is 24.3 Å². The van der Waals surface area contributed by atoms with Crippen LogP contribution in [0.4, 0.5) is 0 Å². The Hall–Kier alpha value is -2.72. The smallest absolute Gasteiger partial charge is 0.224 e. The zero-order valence-corrected chi connectivity index (χ0v) is 20.5. The molecule has 0 aliphatic heterocycles. The quantitative estimate of drug-likeness (QED) is 0.582. The number of hydrogen-bond donors (Lipinski definition) is 2. The predicted octanol–water partition coefficient (Wildman–Crippen LogP) is 2.18. The molecule has 2 amide bonds. The summed E-state index contributed by atoms with van der Waals surface area (Å²) in [6.07, 6.45) is 2.73. The normalized spacial score (nSPS) is 19.9. The maximum absolute atomic E-state index is 12.6. The Kier molecular flexibility index (Phi) is 6.99. The van der Waals surface area contributed by atoms with E-state index in [1.54, 1.807) is 38.1 Å². The first-order chi connectivity index (χ1) is 15.3. The van der Waals surface area contributed by atoms with E-state index in [0.29, 0.717) is 6.42 Å². The minimum absolute atomic E-state index is 0.212. The summed E-state index contributed by atoms with van der Waals surface area (Å²) < 4.78 is 46.3. The zero-order chi connectivity index (χ0) is 24.6. The topological polar surface area (TPSA) is 126 Å². The SMILES string of the molecule is C[C@H](NC(=O)[C@@H]1C[C@H]1C(=O)N[C@H](C)c1ccc(S(C)(=O)=O)cc1)c1ccc(S(C)(=O)=O)cc1. The van der Waals surface area contributed by atoms with Gasteiger partial charge in [0.05, 0.1) is 33.7 Å². The lowest BCUT2D eigenvalue weighted by molar-refractivity contribution is -0.128. The highest BCUT2D eigenvalue weighted by atomic mass is 32.2. The van der Waals surface area contributed by atoms with Gasteiger partial charge in [-0.2, -0.15) is 0 Å². The molecule has 0 spiro atoms. The van der Waals surface area contributed by atoms with E-state index < -0.39 is 31.5 Å². The van der Waals surface area contributed by atoms with Gasteiger partial charge in [-0.05, 0) is 55.7 Å². The van der Waals surface area contributed by atoms with Crippen molar-refractivity contribution in [2.45, 2.75) is 42.1 Å². The summed E-state index contributed by atoms with van der Waals surface area (Å²) in [5.74, 6) is -1.27.